The third kappa shape index (κ3) is 7.30. The largest absolute Gasteiger partial charge is 0.491 e. The third-order valence-corrected chi connectivity index (χ3v) is 8.15. The maximum Gasteiger partial charge on any atom is 0.257 e. The monoisotopic (exact) mass is 505 g/mol. The zero-order valence-electron chi connectivity index (χ0n) is 21.3. The van der Waals surface area contributed by atoms with Crippen LogP contribution >= 0.6 is 0 Å². The molecule has 2 amide bonds. The van der Waals surface area contributed by atoms with Crippen molar-refractivity contribution in [3.8, 4) is 5.75 Å². The Balaban J connectivity index is 1.94. The molecule has 2 aliphatic rings. The number of benzene rings is 1. The molecule has 1 heterocycles. The number of likely N-dealkylation sites (N-methyl/N-ethyl adjacent to an activating group) is 1. The van der Waals surface area contributed by atoms with Crippen LogP contribution in [0.15, 0.2) is 35.2 Å². The zero-order valence-corrected chi connectivity index (χ0v) is 22.1. The summed E-state index contributed by atoms with van der Waals surface area (Å²) in [5, 5.41) is 0. The molecular formula is C26H39N3O5S. The van der Waals surface area contributed by atoms with Crippen LogP contribution in [0, 0.1) is 5.92 Å². The Hall–Kier alpha value is -2.39. The van der Waals surface area contributed by atoms with E-state index in [4.69, 9.17) is 4.74 Å². The van der Waals surface area contributed by atoms with Crippen molar-refractivity contribution in [2.24, 2.45) is 5.92 Å². The number of hydrogen-bond donors (Lipinski definition) is 1. The van der Waals surface area contributed by atoms with Crippen LogP contribution in [-0.2, 0) is 14.8 Å². The van der Waals surface area contributed by atoms with Crippen molar-refractivity contribution < 1.29 is 22.7 Å². The number of nitrogens with one attached hydrogen (secondary N) is 1. The number of sulfonamides is 1. The predicted octanol–water partition coefficient (Wildman–Crippen LogP) is 3.58. The molecule has 0 spiro atoms. The molecule has 0 unspecified atom stereocenters. The number of carbonyl (C=O) groups is 2. The van der Waals surface area contributed by atoms with Crippen molar-refractivity contribution >= 4 is 21.8 Å². The maximum atomic E-state index is 13.3. The van der Waals surface area contributed by atoms with Gasteiger partial charge in [-0.3, -0.25) is 9.59 Å². The highest BCUT2D eigenvalue weighted by atomic mass is 32.2. The van der Waals surface area contributed by atoms with E-state index in [0.717, 1.165) is 38.5 Å². The topological polar surface area (TPSA) is 96.0 Å². The Bertz CT molecular complexity index is 1030. The molecule has 1 saturated carbocycles. The van der Waals surface area contributed by atoms with Gasteiger partial charge in [-0.25, -0.2) is 13.1 Å². The van der Waals surface area contributed by atoms with Gasteiger partial charge >= 0.3 is 0 Å². The van der Waals surface area contributed by atoms with Crippen molar-refractivity contribution in [1.29, 1.82) is 0 Å². The summed E-state index contributed by atoms with van der Waals surface area (Å²) in [5.41, 5.74) is 0.200. The van der Waals surface area contributed by atoms with Gasteiger partial charge in [0.05, 0.1) is 16.5 Å². The second kappa shape index (κ2) is 12.0. The molecule has 1 aromatic rings. The van der Waals surface area contributed by atoms with Gasteiger partial charge in [0.1, 0.15) is 12.4 Å². The first-order chi connectivity index (χ1) is 16.6. The minimum atomic E-state index is -3.77. The molecule has 0 saturated heterocycles. The summed E-state index contributed by atoms with van der Waals surface area (Å²) in [4.78, 5) is 29.0. The van der Waals surface area contributed by atoms with Crippen LogP contribution in [0.1, 0.15) is 69.7 Å². The van der Waals surface area contributed by atoms with Gasteiger partial charge in [0.15, 0.2) is 0 Å². The van der Waals surface area contributed by atoms with E-state index in [1.165, 1.54) is 17.0 Å². The Morgan fingerprint density at radius 3 is 2.49 bits per heavy atom. The fourth-order valence-electron chi connectivity index (χ4n) is 4.74. The third-order valence-electron chi connectivity index (χ3n) is 6.63. The van der Waals surface area contributed by atoms with Crippen LogP contribution in [0.4, 0.5) is 0 Å². The molecule has 3 rings (SSSR count). The lowest BCUT2D eigenvalue weighted by Crippen LogP contribution is -2.44. The summed E-state index contributed by atoms with van der Waals surface area (Å²) in [5.74, 6) is 0.304. The van der Waals surface area contributed by atoms with E-state index in [1.807, 2.05) is 12.2 Å². The molecule has 0 bridgehead atoms. The van der Waals surface area contributed by atoms with E-state index in [9.17, 15) is 18.0 Å². The van der Waals surface area contributed by atoms with E-state index in [0.29, 0.717) is 24.8 Å². The van der Waals surface area contributed by atoms with Crippen LogP contribution in [0.2, 0.25) is 0 Å². The highest BCUT2D eigenvalue weighted by Crippen LogP contribution is 2.27. The van der Waals surface area contributed by atoms with Crippen LogP contribution in [0.5, 0.6) is 5.75 Å². The lowest BCUT2D eigenvalue weighted by molar-refractivity contribution is -0.131. The second-order valence-corrected chi connectivity index (χ2v) is 11.8. The van der Waals surface area contributed by atoms with E-state index in [-0.39, 0.29) is 41.0 Å². The molecule has 0 aromatic heterocycles. The maximum absolute atomic E-state index is 13.3. The second-order valence-electron chi connectivity index (χ2n) is 10.0. The van der Waals surface area contributed by atoms with Gasteiger partial charge in [0.25, 0.3) is 5.91 Å². The zero-order chi connectivity index (χ0) is 25.6. The molecule has 1 fully saturated rings. The quantitative estimate of drug-likeness (QED) is 0.617. The number of carbonyl (C=O) groups excluding carboxylic acids is 2. The highest BCUT2D eigenvalue weighted by molar-refractivity contribution is 7.89. The smallest absolute Gasteiger partial charge is 0.257 e. The molecule has 35 heavy (non-hydrogen) atoms. The number of nitrogens with zero attached hydrogens (tertiary/aromatic N) is 2. The number of rotatable bonds is 5. The standard InChI is InChI=1S/C26H39N3O5S/c1-19(2)16-22-18-34-25-13-12-23(35(32,33)27-21-10-6-5-7-11-21)17-24(25)26(31)28(4)14-8-9-15-29(22)20(3)30/h8-9,12-13,17,19,21-22,27H,5-7,10-11,14-16,18H2,1-4H3/b9-8+/t22-/m1/s1. The number of fused-ring (bicyclic) bond motifs is 1. The molecular weight excluding hydrogens is 466 g/mol. The summed E-state index contributed by atoms with van der Waals surface area (Å²) < 4.78 is 35.1. The lowest BCUT2D eigenvalue weighted by Gasteiger charge is -2.32. The van der Waals surface area contributed by atoms with Gasteiger partial charge in [-0.05, 0) is 43.4 Å². The van der Waals surface area contributed by atoms with E-state index in [1.54, 1.807) is 24.9 Å². The Labute approximate surface area is 209 Å². The van der Waals surface area contributed by atoms with Gasteiger partial charge in [-0.1, -0.05) is 45.3 Å². The summed E-state index contributed by atoms with van der Waals surface area (Å²) in [7, 11) is -2.11. The Morgan fingerprint density at radius 2 is 1.83 bits per heavy atom. The van der Waals surface area contributed by atoms with Crippen LogP contribution < -0.4 is 9.46 Å². The molecule has 1 aliphatic heterocycles. The number of amides is 2. The lowest BCUT2D eigenvalue weighted by atomic mass is 9.96. The number of ether oxygens (including phenoxy) is 1. The van der Waals surface area contributed by atoms with Crippen LogP contribution in [-0.4, -0.2) is 68.9 Å². The summed E-state index contributed by atoms with van der Waals surface area (Å²) >= 11 is 0. The average Bonchev–Trinajstić information content (AvgIpc) is 2.80. The molecule has 194 valence electrons. The predicted molar refractivity (Wildman–Crippen MR) is 136 cm³/mol. The van der Waals surface area contributed by atoms with Crippen molar-refractivity contribution in [2.45, 2.75) is 76.3 Å². The minimum absolute atomic E-state index is 0.0409. The van der Waals surface area contributed by atoms with Crippen LogP contribution in [0.25, 0.3) is 0 Å². The van der Waals surface area contributed by atoms with Gasteiger partial charge in [0, 0.05) is 33.1 Å². The fourth-order valence-corrected chi connectivity index (χ4v) is 6.07. The molecule has 9 heteroatoms. The first-order valence-corrected chi connectivity index (χ1v) is 14.0. The molecule has 1 N–H and O–H groups in total. The first kappa shape index (κ1) is 27.2. The van der Waals surface area contributed by atoms with Crippen LogP contribution in [0.3, 0.4) is 0 Å². The molecule has 1 atom stereocenters. The van der Waals surface area contributed by atoms with E-state index < -0.39 is 10.0 Å². The van der Waals surface area contributed by atoms with Gasteiger partial charge in [-0.2, -0.15) is 0 Å². The fraction of sp³-hybridized carbons (Fsp3) is 0.615. The Morgan fingerprint density at radius 1 is 1.14 bits per heavy atom. The average molecular weight is 506 g/mol. The molecule has 1 aliphatic carbocycles. The van der Waals surface area contributed by atoms with E-state index in [2.05, 4.69) is 18.6 Å². The van der Waals surface area contributed by atoms with Gasteiger partial charge in [0.2, 0.25) is 15.9 Å². The van der Waals surface area contributed by atoms with Crippen molar-refractivity contribution in [1.82, 2.24) is 14.5 Å². The minimum Gasteiger partial charge on any atom is -0.491 e. The van der Waals surface area contributed by atoms with Crippen molar-refractivity contribution in [3.63, 3.8) is 0 Å². The molecule has 0 radical (unpaired) electrons. The highest BCUT2D eigenvalue weighted by Gasteiger charge is 2.27. The van der Waals surface area contributed by atoms with Crippen molar-refractivity contribution in [2.75, 3.05) is 26.7 Å². The summed E-state index contributed by atoms with van der Waals surface area (Å²) in [6.07, 6.45) is 9.28. The summed E-state index contributed by atoms with van der Waals surface area (Å²) in [6, 6.07) is 4.21. The normalized spacial score (nSPS) is 21.6. The summed E-state index contributed by atoms with van der Waals surface area (Å²) in [6.45, 7) is 6.71. The SMILES string of the molecule is CC(=O)N1C/C=C/CN(C)C(=O)c2cc(S(=O)(=O)NC3CCCCC3)ccc2OC[C@H]1CC(C)C. The molecule has 8 nitrogen and oxygen atoms in total. The van der Waals surface area contributed by atoms with Crippen molar-refractivity contribution in [3.05, 3.63) is 35.9 Å². The van der Waals surface area contributed by atoms with Gasteiger partial charge in [-0.15, -0.1) is 0 Å². The number of hydrogen-bond acceptors (Lipinski definition) is 5. The Kier molecular flexibility index (Phi) is 9.35. The van der Waals surface area contributed by atoms with Gasteiger partial charge < -0.3 is 14.5 Å². The van der Waals surface area contributed by atoms with E-state index >= 15 is 0 Å². The molecule has 1 aromatic carbocycles. The first-order valence-electron chi connectivity index (χ1n) is 12.6.